The molecule has 0 heterocycles. The maximum absolute atomic E-state index is 11.2. The fraction of sp³-hybridized carbons (Fsp3) is 0.438. The second-order valence-corrected chi connectivity index (χ2v) is 4.45. The van der Waals surface area contributed by atoms with E-state index in [2.05, 4.69) is 26.5 Å². The number of benzene rings is 1. The fourth-order valence-corrected chi connectivity index (χ4v) is 1.97. The van der Waals surface area contributed by atoms with E-state index in [1.54, 1.807) is 0 Å². The number of hydrogen-bond donors (Lipinski definition) is 0. The van der Waals surface area contributed by atoms with Gasteiger partial charge in [0.1, 0.15) is 5.75 Å². The van der Waals surface area contributed by atoms with Gasteiger partial charge in [-0.1, -0.05) is 26.0 Å². The van der Waals surface area contributed by atoms with Crippen molar-refractivity contribution in [3.8, 4) is 5.75 Å². The summed E-state index contributed by atoms with van der Waals surface area (Å²) >= 11 is 0. The van der Waals surface area contributed by atoms with Crippen LogP contribution in [0.4, 0.5) is 0 Å². The Labute approximate surface area is 110 Å². The molecule has 0 aliphatic heterocycles. The summed E-state index contributed by atoms with van der Waals surface area (Å²) in [5, 5.41) is 0. The molecular weight excluding hydrogens is 224 g/mol. The smallest absolute Gasteiger partial charge is 0.153 e. The molecule has 1 atom stereocenters. The zero-order valence-electron chi connectivity index (χ0n) is 11.5. The van der Waals surface area contributed by atoms with E-state index in [4.69, 9.17) is 4.74 Å². The van der Waals surface area contributed by atoms with Gasteiger partial charge in [0.15, 0.2) is 6.29 Å². The van der Waals surface area contributed by atoms with E-state index in [9.17, 15) is 4.79 Å². The van der Waals surface area contributed by atoms with Gasteiger partial charge in [0.05, 0.1) is 12.2 Å². The average molecular weight is 246 g/mol. The van der Waals surface area contributed by atoms with Crippen molar-refractivity contribution >= 4 is 6.29 Å². The normalized spacial score (nSPS) is 11.9. The third-order valence-electron chi connectivity index (χ3n) is 3.18. The molecule has 1 aromatic rings. The molecule has 0 radical (unpaired) electrons. The van der Waals surface area contributed by atoms with E-state index in [0.717, 1.165) is 24.7 Å². The van der Waals surface area contributed by atoms with Crippen molar-refractivity contribution in [3.05, 3.63) is 41.5 Å². The lowest BCUT2D eigenvalue weighted by Gasteiger charge is -2.16. The molecule has 2 heteroatoms. The topological polar surface area (TPSA) is 26.3 Å². The van der Waals surface area contributed by atoms with Crippen LogP contribution in [0.5, 0.6) is 5.75 Å². The van der Waals surface area contributed by atoms with E-state index in [-0.39, 0.29) is 0 Å². The van der Waals surface area contributed by atoms with Crippen molar-refractivity contribution in [2.75, 3.05) is 6.61 Å². The van der Waals surface area contributed by atoms with Gasteiger partial charge in [-0.15, -0.1) is 6.58 Å². The van der Waals surface area contributed by atoms with Gasteiger partial charge in [0.25, 0.3) is 0 Å². The van der Waals surface area contributed by atoms with Gasteiger partial charge in [-0.05, 0) is 42.9 Å². The number of hydrogen-bond acceptors (Lipinski definition) is 2. The standard InChI is InChI=1S/C16H22O2/c1-5-8-13-9-14(12(4)6-2)10-15(11-17)16(13)18-7-3/h5,9-12H,1,6-8H2,2-4H3. The van der Waals surface area contributed by atoms with Crippen molar-refractivity contribution in [2.24, 2.45) is 0 Å². The van der Waals surface area contributed by atoms with Gasteiger partial charge < -0.3 is 4.74 Å². The summed E-state index contributed by atoms with van der Waals surface area (Å²) in [7, 11) is 0. The SMILES string of the molecule is C=CCc1cc(C(C)CC)cc(C=O)c1OCC. The second-order valence-electron chi connectivity index (χ2n) is 4.45. The molecule has 1 aromatic carbocycles. The number of carbonyl (C=O) groups excluding carboxylic acids is 1. The Balaban J connectivity index is 3.32. The van der Waals surface area contributed by atoms with E-state index in [0.29, 0.717) is 23.8 Å². The molecule has 1 rings (SSSR count). The molecule has 0 aromatic heterocycles. The van der Waals surface area contributed by atoms with Crippen LogP contribution in [0.3, 0.4) is 0 Å². The second kappa shape index (κ2) is 7.00. The minimum atomic E-state index is 0.447. The Hall–Kier alpha value is -1.57. The van der Waals surface area contributed by atoms with Crippen molar-refractivity contribution in [1.29, 1.82) is 0 Å². The third kappa shape index (κ3) is 3.22. The molecule has 0 amide bonds. The van der Waals surface area contributed by atoms with E-state index in [1.807, 2.05) is 19.1 Å². The Kier molecular flexibility index (Phi) is 5.63. The number of aldehydes is 1. The molecule has 98 valence electrons. The quantitative estimate of drug-likeness (QED) is 0.534. The molecule has 0 fully saturated rings. The van der Waals surface area contributed by atoms with Crippen LogP contribution in [-0.4, -0.2) is 12.9 Å². The van der Waals surface area contributed by atoms with Crippen LogP contribution in [0.1, 0.15) is 54.6 Å². The van der Waals surface area contributed by atoms with Crippen LogP contribution in [0.2, 0.25) is 0 Å². The first-order chi connectivity index (χ1) is 8.67. The molecule has 0 aliphatic rings. The lowest BCUT2D eigenvalue weighted by molar-refractivity contribution is 0.111. The molecule has 1 unspecified atom stereocenters. The first-order valence-corrected chi connectivity index (χ1v) is 6.53. The highest BCUT2D eigenvalue weighted by molar-refractivity contribution is 5.81. The molecular formula is C16H22O2. The number of carbonyl (C=O) groups is 1. The van der Waals surface area contributed by atoms with Crippen LogP contribution in [0.25, 0.3) is 0 Å². The molecule has 0 N–H and O–H groups in total. The van der Waals surface area contributed by atoms with Crippen LogP contribution in [0, 0.1) is 0 Å². The summed E-state index contributed by atoms with van der Waals surface area (Å²) < 4.78 is 5.60. The monoisotopic (exact) mass is 246 g/mol. The summed E-state index contributed by atoms with van der Waals surface area (Å²) in [5.41, 5.74) is 2.89. The van der Waals surface area contributed by atoms with Crippen LogP contribution in [0.15, 0.2) is 24.8 Å². The maximum atomic E-state index is 11.2. The van der Waals surface area contributed by atoms with Gasteiger partial charge >= 0.3 is 0 Å². The van der Waals surface area contributed by atoms with Crippen molar-refractivity contribution in [1.82, 2.24) is 0 Å². The van der Waals surface area contributed by atoms with Crippen molar-refractivity contribution < 1.29 is 9.53 Å². The molecule has 18 heavy (non-hydrogen) atoms. The van der Waals surface area contributed by atoms with E-state index in [1.165, 1.54) is 5.56 Å². The van der Waals surface area contributed by atoms with E-state index >= 15 is 0 Å². The first kappa shape index (κ1) is 14.5. The van der Waals surface area contributed by atoms with Crippen LogP contribution in [-0.2, 0) is 6.42 Å². The summed E-state index contributed by atoms with van der Waals surface area (Å²) in [4.78, 5) is 11.2. The minimum Gasteiger partial charge on any atom is -0.493 e. The van der Waals surface area contributed by atoms with Crippen molar-refractivity contribution in [3.63, 3.8) is 0 Å². The minimum absolute atomic E-state index is 0.447. The summed E-state index contributed by atoms with van der Waals surface area (Å²) in [6, 6.07) is 4.08. The van der Waals surface area contributed by atoms with Crippen LogP contribution < -0.4 is 4.74 Å². The Morgan fingerprint density at radius 1 is 1.39 bits per heavy atom. The predicted molar refractivity (Wildman–Crippen MR) is 75.6 cm³/mol. The highest BCUT2D eigenvalue weighted by Crippen LogP contribution is 2.30. The predicted octanol–water partition coefficient (Wildman–Crippen LogP) is 4.14. The van der Waals surface area contributed by atoms with Gasteiger partial charge in [-0.25, -0.2) is 0 Å². The highest BCUT2D eigenvalue weighted by atomic mass is 16.5. The third-order valence-corrected chi connectivity index (χ3v) is 3.18. The highest BCUT2D eigenvalue weighted by Gasteiger charge is 2.13. The first-order valence-electron chi connectivity index (χ1n) is 6.53. The molecule has 0 bridgehead atoms. The molecule has 2 nitrogen and oxygen atoms in total. The molecule has 0 aliphatic carbocycles. The van der Waals surface area contributed by atoms with E-state index < -0.39 is 0 Å². The van der Waals surface area contributed by atoms with Gasteiger partial charge in [0.2, 0.25) is 0 Å². The number of ether oxygens (including phenoxy) is 1. The number of allylic oxidation sites excluding steroid dienone is 1. The van der Waals surface area contributed by atoms with Gasteiger partial charge in [-0.2, -0.15) is 0 Å². The summed E-state index contributed by atoms with van der Waals surface area (Å²) in [6.45, 7) is 10.6. The zero-order chi connectivity index (χ0) is 13.5. The van der Waals surface area contributed by atoms with Gasteiger partial charge in [-0.3, -0.25) is 4.79 Å². The Morgan fingerprint density at radius 2 is 2.11 bits per heavy atom. The molecule has 0 spiro atoms. The van der Waals surface area contributed by atoms with Crippen LogP contribution >= 0.6 is 0 Å². The maximum Gasteiger partial charge on any atom is 0.153 e. The van der Waals surface area contributed by atoms with Gasteiger partial charge in [0, 0.05) is 0 Å². The molecule has 0 saturated heterocycles. The summed E-state index contributed by atoms with van der Waals surface area (Å²) in [6.07, 6.45) is 4.50. The summed E-state index contributed by atoms with van der Waals surface area (Å²) in [5.74, 6) is 1.15. The lowest BCUT2D eigenvalue weighted by atomic mass is 9.93. The molecule has 0 saturated carbocycles. The fourth-order valence-electron chi connectivity index (χ4n) is 1.97. The average Bonchev–Trinajstić information content (AvgIpc) is 2.39. The Bertz CT molecular complexity index is 421. The number of rotatable bonds is 7. The Morgan fingerprint density at radius 3 is 2.61 bits per heavy atom. The largest absolute Gasteiger partial charge is 0.493 e. The van der Waals surface area contributed by atoms with Crippen molar-refractivity contribution in [2.45, 2.75) is 39.5 Å². The lowest BCUT2D eigenvalue weighted by Crippen LogP contribution is -2.03. The zero-order valence-corrected chi connectivity index (χ0v) is 11.5.